The van der Waals surface area contributed by atoms with Crippen molar-refractivity contribution in [1.82, 2.24) is 14.8 Å². The van der Waals surface area contributed by atoms with Gasteiger partial charge in [-0.25, -0.2) is 0 Å². The fourth-order valence-electron chi connectivity index (χ4n) is 2.99. The van der Waals surface area contributed by atoms with E-state index < -0.39 is 5.91 Å². The summed E-state index contributed by atoms with van der Waals surface area (Å²) in [6.07, 6.45) is 3.17. The number of nitrogens with two attached hydrogens (primary N) is 1. The zero-order valence-corrected chi connectivity index (χ0v) is 17.2. The number of aromatic nitrogens is 3. The number of carbonyl (C=O) groups is 2. The Labute approximate surface area is 172 Å². The molecule has 0 saturated heterocycles. The van der Waals surface area contributed by atoms with Crippen molar-refractivity contribution in [2.45, 2.75) is 38.4 Å². The summed E-state index contributed by atoms with van der Waals surface area (Å²) < 4.78 is 6.90. The van der Waals surface area contributed by atoms with Gasteiger partial charge in [0.2, 0.25) is 17.6 Å². The van der Waals surface area contributed by atoms with Crippen molar-refractivity contribution in [1.29, 1.82) is 0 Å². The molecule has 29 heavy (non-hydrogen) atoms. The van der Waals surface area contributed by atoms with E-state index in [1.807, 2.05) is 18.2 Å². The van der Waals surface area contributed by atoms with Crippen molar-refractivity contribution in [2.24, 2.45) is 5.73 Å². The lowest BCUT2D eigenvalue weighted by Gasteiger charge is -2.14. The van der Waals surface area contributed by atoms with Gasteiger partial charge in [-0.3, -0.25) is 14.2 Å². The number of nitrogens with zero attached hydrogens (tertiary/aromatic N) is 3. The first-order valence-electron chi connectivity index (χ1n) is 9.32. The molecular formula is C20H23N5O3S. The maximum Gasteiger partial charge on any atom is 0.237 e. The Balaban J connectivity index is 1.75. The number of benzene rings is 1. The standard InChI is InChI=1S/C20H23N5O3S/c1-3-13-7-5-8-14(4-2)18(13)22-17(27)12-29-20-24-23-19(15-9-6-10-28-15)25(20)11-16(21)26/h5-10H,3-4,11-12H2,1-2H3,(H2,21,26)(H,22,27). The van der Waals surface area contributed by atoms with Crippen LogP contribution in [0.4, 0.5) is 5.69 Å². The maximum atomic E-state index is 12.6. The number of rotatable bonds is 9. The molecular weight excluding hydrogens is 390 g/mol. The van der Waals surface area contributed by atoms with Crippen molar-refractivity contribution in [3.05, 3.63) is 47.7 Å². The van der Waals surface area contributed by atoms with E-state index in [4.69, 9.17) is 10.2 Å². The normalized spacial score (nSPS) is 10.8. The fourth-order valence-corrected chi connectivity index (χ4v) is 3.73. The number of thioether (sulfide) groups is 1. The highest BCUT2D eigenvalue weighted by Gasteiger charge is 2.19. The predicted molar refractivity (Wildman–Crippen MR) is 111 cm³/mol. The molecule has 2 aromatic heterocycles. The van der Waals surface area contributed by atoms with Gasteiger partial charge in [0, 0.05) is 5.69 Å². The molecule has 0 saturated carbocycles. The topological polar surface area (TPSA) is 116 Å². The average Bonchev–Trinajstić information content (AvgIpc) is 3.36. The second kappa shape index (κ2) is 9.42. The van der Waals surface area contributed by atoms with Gasteiger partial charge in [-0.05, 0) is 36.1 Å². The molecule has 1 aromatic carbocycles. The predicted octanol–water partition coefficient (Wildman–Crippen LogP) is 2.88. The Morgan fingerprint density at radius 3 is 2.45 bits per heavy atom. The summed E-state index contributed by atoms with van der Waals surface area (Å²) in [5.41, 5.74) is 8.43. The number of carbonyl (C=O) groups excluding carboxylic acids is 2. The number of para-hydroxylation sites is 1. The summed E-state index contributed by atoms with van der Waals surface area (Å²) >= 11 is 1.19. The molecule has 0 spiro atoms. The van der Waals surface area contributed by atoms with E-state index in [0.717, 1.165) is 29.7 Å². The first-order valence-corrected chi connectivity index (χ1v) is 10.3. The summed E-state index contributed by atoms with van der Waals surface area (Å²) in [5, 5.41) is 11.6. The van der Waals surface area contributed by atoms with E-state index >= 15 is 0 Å². The van der Waals surface area contributed by atoms with Gasteiger partial charge in [0.05, 0.1) is 12.0 Å². The van der Waals surface area contributed by atoms with E-state index in [0.29, 0.717) is 16.7 Å². The van der Waals surface area contributed by atoms with Crippen LogP contribution in [-0.2, 0) is 29.0 Å². The highest BCUT2D eigenvalue weighted by molar-refractivity contribution is 7.99. The molecule has 8 nitrogen and oxygen atoms in total. The van der Waals surface area contributed by atoms with Gasteiger partial charge in [0.25, 0.3) is 0 Å². The second-order valence-electron chi connectivity index (χ2n) is 6.33. The van der Waals surface area contributed by atoms with Crippen LogP contribution in [0.1, 0.15) is 25.0 Å². The summed E-state index contributed by atoms with van der Waals surface area (Å²) in [6, 6.07) is 9.47. The van der Waals surface area contributed by atoms with Crippen molar-refractivity contribution >= 4 is 29.3 Å². The molecule has 0 unspecified atom stereocenters. The summed E-state index contributed by atoms with van der Waals surface area (Å²) in [6.45, 7) is 4.01. The molecule has 3 aromatic rings. The van der Waals surface area contributed by atoms with E-state index in [1.165, 1.54) is 18.0 Å². The Bertz CT molecular complexity index is 975. The van der Waals surface area contributed by atoms with Gasteiger partial charge in [0.15, 0.2) is 10.9 Å². The van der Waals surface area contributed by atoms with Crippen molar-refractivity contribution in [3.63, 3.8) is 0 Å². The van der Waals surface area contributed by atoms with Crippen LogP contribution in [-0.4, -0.2) is 32.3 Å². The highest BCUT2D eigenvalue weighted by Crippen LogP contribution is 2.26. The van der Waals surface area contributed by atoms with Crippen molar-refractivity contribution < 1.29 is 14.0 Å². The third-order valence-electron chi connectivity index (χ3n) is 4.37. The van der Waals surface area contributed by atoms with Crippen LogP contribution in [0.25, 0.3) is 11.6 Å². The van der Waals surface area contributed by atoms with Crippen LogP contribution >= 0.6 is 11.8 Å². The molecule has 0 bridgehead atoms. The fraction of sp³-hybridized carbons (Fsp3) is 0.300. The van der Waals surface area contributed by atoms with E-state index in [1.54, 1.807) is 16.7 Å². The molecule has 0 aliphatic carbocycles. The monoisotopic (exact) mass is 413 g/mol. The summed E-state index contributed by atoms with van der Waals surface area (Å²) in [5.74, 6) is 0.295. The summed E-state index contributed by atoms with van der Waals surface area (Å²) in [4.78, 5) is 24.1. The first kappa shape index (κ1) is 20.7. The molecule has 0 atom stereocenters. The van der Waals surface area contributed by atoms with Crippen molar-refractivity contribution in [3.8, 4) is 11.6 Å². The van der Waals surface area contributed by atoms with Gasteiger partial charge in [0.1, 0.15) is 6.54 Å². The molecule has 0 aliphatic heterocycles. The van der Waals surface area contributed by atoms with E-state index in [2.05, 4.69) is 29.4 Å². The Kier molecular flexibility index (Phi) is 6.71. The number of aryl methyl sites for hydroxylation is 2. The third kappa shape index (κ3) is 4.86. The highest BCUT2D eigenvalue weighted by atomic mass is 32.2. The number of primary amides is 1. The number of hydrogen-bond acceptors (Lipinski definition) is 6. The molecule has 2 heterocycles. The zero-order valence-electron chi connectivity index (χ0n) is 16.3. The minimum Gasteiger partial charge on any atom is -0.461 e. The lowest BCUT2D eigenvalue weighted by atomic mass is 10.0. The number of hydrogen-bond donors (Lipinski definition) is 2. The molecule has 2 amide bonds. The Morgan fingerprint density at radius 2 is 1.86 bits per heavy atom. The number of nitrogens with one attached hydrogen (secondary N) is 1. The van der Waals surface area contributed by atoms with Crippen LogP contribution in [0.3, 0.4) is 0 Å². The molecule has 3 rings (SSSR count). The minimum absolute atomic E-state index is 0.106. The van der Waals surface area contributed by atoms with Gasteiger partial charge >= 0.3 is 0 Å². The molecule has 152 valence electrons. The maximum absolute atomic E-state index is 12.6. The lowest BCUT2D eigenvalue weighted by molar-refractivity contribution is -0.118. The van der Waals surface area contributed by atoms with Crippen molar-refractivity contribution in [2.75, 3.05) is 11.1 Å². The quantitative estimate of drug-likeness (QED) is 0.521. The van der Waals surface area contributed by atoms with Crippen LogP contribution in [0.5, 0.6) is 0 Å². The third-order valence-corrected chi connectivity index (χ3v) is 5.33. The second-order valence-corrected chi connectivity index (χ2v) is 7.27. The van der Waals surface area contributed by atoms with Gasteiger partial charge < -0.3 is 15.5 Å². The van der Waals surface area contributed by atoms with Gasteiger partial charge in [-0.2, -0.15) is 0 Å². The molecule has 3 N–H and O–H groups in total. The number of amides is 2. The largest absolute Gasteiger partial charge is 0.461 e. The van der Waals surface area contributed by atoms with E-state index in [9.17, 15) is 9.59 Å². The van der Waals surface area contributed by atoms with Gasteiger partial charge in [-0.1, -0.05) is 43.8 Å². The smallest absolute Gasteiger partial charge is 0.237 e. The Morgan fingerprint density at radius 1 is 1.14 bits per heavy atom. The SMILES string of the molecule is CCc1cccc(CC)c1NC(=O)CSc1nnc(-c2ccco2)n1CC(N)=O. The Hall–Kier alpha value is -3.07. The molecule has 0 fully saturated rings. The number of anilines is 1. The molecule has 0 aliphatic rings. The summed E-state index contributed by atoms with van der Waals surface area (Å²) in [7, 11) is 0. The molecule has 9 heteroatoms. The number of furan rings is 1. The van der Waals surface area contributed by atoms with Crippen LogP contribution in [0.15, 0.2) is 46.2 Å². The first-order chi connectivity index (χ1) is 14.0. The molecule has 0 radical (unpaired) electrons. The van der Waals surface area contributed by atoms with Crippen LogP contribution < -0.4 is 11.1 Å². The van der Waals surface area contributed by atoms with Crippen LogP contribution in [0, 0.1) is 0 Å². The zero-order chi connectivity index (χ0) is 20.8. The minimum atomic E-state index is -0.534. The van der Waals surface area contributed by atoms with E-state index in [-0.39, 0.29) is 18.2 Å². The van der Waals surface area contributed by atoms with Crippen LogP contribution in [0.2, 0.25) is 0 Å². The lowest BCUT2D eigenvalue weighted by Crippen LogP contribution is -2.21. The average molecular weight is 414 g/mol. The van der Waals surface area contributed by atoms with Gasteiger partial charge in [-0.15, -0.1) is 10.2 Å².